The average Bonchev–Trinajstić information content (AvgIpc) is 2.96. The lowest BCUT2D eigenvalue weighted by Gasteiger charge is -2.22. The second kappa shape index (κ2) is 11.0. The number of carbonyl (C=O) groups is 1. The number of benzene rings is 2. The molecule has 9 heteroatoms. The van der Waals surface area contributed by atoms with Gasteiger partial charge in [-0.2, -0.15) is 0 Å². The third-order valence-corrected chi connectivity index (χ3v) is 6.50. The van der Waals surface area contributed by atoms with Crippen molar-refractivity contribution in [3.05, 3.63) is 59.1 Å². The second-order valence-electron chi connectivity index (χ2n) is 8.19. The lowest BCUT2D eigenvalue weighted by Crippen LogP contribution is -2.39. The number of halogens is 1. The van der Waals surface area contributed by atoms with Crippen LogP contribution in [0.1, 0.15) is 25.8 Å². The van der Waals surface area contributed by atoms with Crippen molar-refractivity contribution in [3.8, 4) is 5.75 Å². The van der Waals surface area contributed by atoms with Gasteiger partial charge in [0, 0.05) is 43.4 Å². The number of anilines is 1. The van der Waals surface area contributed by atoms with Crippen LogP contribution in [0.5, 0.6) is 5.75 Å². The summed E-state index contributed by atoms with van der Waals surface area (Å²) in [6.45, 7) is 7.21. The number of hydrogen-bond acceptors (Lipinski definition) is 5. The van der Waals surface area contributed by atoms with Gasteiger partial charge in [0.1, 0.15) is 11.5 Å². The topological polar surface area (TPSA) is 78.9 Å². The third kappa shape index (κ3) is 7.69. The van der Waals surface area contributed by atoms with Crippen molar-refractivity contribution in [1.82, 2.24) is 9.80 Å². The van der Waals surface area contributed by atoms with Crippen LogP contribution in [-0.2, 0) is 21.4 Å². The molecule has 0 saturated carbocycles. The summed E-state index contributed by atoms with van der Waals surface area (Å²) in [5, 5.41) is 0.705. The Balaban J connectivity index is 1.51. The summed E-state index contributed by atoms with van der Waals surface area (Å²) >= 11 is 5.95. The zero-order chi connectivity index (χ0) is 23.1. The number of carbonyl (C=O) groups excluding carboxylic acids is 1. The lowest BCUT2D eigenvalue weighted by atomic mass is 10.2. The van der Waals surface area contributed by atoms with Crippen molar-refractivity contribution in [3.63, 3.8) is 0 Å². The van der Waals surface area contributed by atoms with Crippen molar-refractivity contribution in [2.45, 2.75) is 32.9 Å². The first kappa shape index (κ1) is 24.4. The predicted molar refractivity (Wildman–Crippen MR) is 128 cm³/mol. The molecular weight excluding hydrogens is 450 g/mol. The predicted octanol–water partition coefficient (Wildman–Crippen LogP) is 3.60. The van der Waals surface area contributed by atoms with Gasteiger partial charge in [-0.15, -0.1) is 0 Å². The molecule has 7 nitrogen and oxygen atoms in total. The van der Waals surface area contributed by atoms with Gasteiger partial charge in [-0.05, 0) is 62.2 Å². The van der Waals surface area contributed by atoms with Crippen LogP contribution >= 0.6 is 11.6 Å². The number of sulfonamides is 1. The van der Waals surface area contributed by atoms with Gasteiger partial charge in [-0.1, -0.05) is 23.7 Å². The normalized spacial score (nSPS) is 15.4. The molecule has 0 bridgehead atoms. The average molecular weight is 480 g/mol. The molecule has 0 radical (unpaired) electrons. The number of ether oxygens (including phenoxy) is 1. The van der Waals surface area contributed by atoms with Crippen molar-refractivity contribution in [2.75, 3.05) is 36.7 Å². The Morgan fingerprint density at radius 2 is 1.72 bits per heavy atom. The Morgan fingerprint density at radius 3 is 2.38 bits per heavy atom. The molecule has 0 spiro atoms. The molecule has 32 heavy (non-hydrogen) atoms. The van der Waals surface area contributed by atoms with Crippen LogP contribution in [0.4, 0.5) is 5.69 Å². The minimum absolute atomic E-state index is 0.0332. The fraction of sp³-hybridized carbons (Fsp3) is 0.435. The van der Waals surface area contributed by atoms with E-state index in [1.165, 1.54) is 0 Å². The van der Waals surface area contributed by atoms with Crippen molar-refractivity contribution < 1.29 is 17.9 Å². The van der Waals surface area contributed by atoms with Gasteiger partial charge < -0.3 is 9.64 Å². The highest BCUT2D eigenvalue weighted by molar-refractivity contribution is 7.93. The van der Waals surface area contributed by atoms with E-state index in [9.17, 15) is 13.2 Å². The fourth-order valence-electron chi connectivity index (χ4n) is 3.57. The molecule has 2 aromatic carbocycles. The maximum atomic E-state index is 12.7. The summed E-state index contributed by atoms with van der Waals surface area (Å²) in [6.07, 6.45) is 0.829. The van der Waals surface area contributed by atoms with Crippen LogP contribution in [0.2, 0.25) is 5.02 Å². The van der Waals surface area contributed by atoms with Gasteiger partial charge in [-0.25, -0.2) is 8.42 Å². The van der Waals surface area contributed by atoms with Gasteiger partial charge in [0.25, 0.3) is 0 Å². The summed E-state index contributed by atoms with van der Waals surface area (Å²) in [6, 6.07) is 14.4. The molecule has 0 atom stereocenters. The molecule has 1 aliphatic heterocycles. The van der Waals surface area contributed by atoms with E-state index in [0.717, 1.165) is 25.1 Å². The van der Waals surface area contributed by atoms with Gasteiger partial charge in [0.2, 0.25) is 15.9 Å². The van der Waals surface area contributed by atoms with Crippen molar-refractivity contribution in [2.24, 2.45) is 0 Å². The van der Waals surface area contributed by atoms with E-state index in [1.54, 1.807) is 29.2 Å². The maximum absolute atomic E-state index is 12.7. The van der Waals surface area contributed by atoms with Crippen LogP contribution in [0.25, 0.3) is 0 Å². The fourth-order valence-corrected chi connectivity index (χ4v) is 4.77. The Hall–Kier alpha value is -2.29. The van der Waals surface area contributed by atoms with E-state index < -0.39 is 15.8 Å². The monoisotopic (exact) mass is 479 g/mol. The number of amides is 1. The molecule has 0 aliphatic carbocycles. The number of rotatable bonds is 8. The number of hydrogen-bond donors (Lipinski definition) is 1. The first-order valence-corrected chi connectivity index (χ1v) is 12.7. The maximum Gasteiger partial charge on any atom is 0.241 e. The van der Waals surface area contributed by atoms with Crippen LogP contribution in [0, 0.1) is 0 Å². The van der Waals surface area contributed by atoms with E-state index in [2.05, 4.69) is 9.62 Å². The molecule has 174 valence electrons. The first-order chi connectivity index (χ1) is 15.2. The Labute approximate surface area is 195 Å². The molecule has 1 N–H and O–H groups in total. The summed E-state index contributed by atoms with van der Waals surface area (Å²) in [7, 11) is -3.81. The Kier molecular flexibility index (Phi) is 8.39. The van der Waals surface area contributed by atoms with E-state index in [4.69, 9.17) is 16.3 Å². The largest absolute Gasteiger partial charge is 0.491 e. The molecule has 1 saturated heterocycles. The van der Waals surface area contributed by atoms with Crippen LogP contribution in [-0.4, -0.2) is 62.2 Å². The summed E-state index contributed by atoms with van der Waals surface area (Å²) < 4.78 is 33.1. The summed E-state index contributed by atoms with van der Waals surface area (Å²) in [5.74, 6) is -0.300. The molecule has 1 fully saturated rings. The van der Waals surface area contributed by atoms with Crippen LogP contribution in [0.3, 0.4) is 0 Å². The van der Waals surface area contributed by atoms with Crippen molar-refractivity contribution in [1.29, 1.82) is 0 Å². The van der Waals surface area contributed by atoms with Crippen LogP contribution < -0.4 is 9.46 Å². The van der Waals surface area contributed by atoms with Crippen LogP contribution in [0.15, 0.2) is 48.5 Å². The SMILES string of the molecule is CC(C)Oc1ccc(NS(=O)(=O)CC(=O)N2CCCN(Cc3ccc(Cl)cc3)CC2)cc1. The summed E-state index contributed by atoms with van der Waals surface area (Å²) in [4.78, 5) is 16.6. The first-order valence-electron chi connectivity index (χ1n) is 10.7. The van der Waals surface area contributed by atoms with Crippen molar-refractivity contribution >= 4 is 33.2 Å². The van der Waals surface area contributed by atoms with Gasteiger partial charge in [-0.3, -0.25) is 14.4 Å². The molecule has 2 aromatic rings. The quantitative estimate of drug-likeness (QED) is 0.625. The minimum atomic E-state index is -3.81. The van der Waals surface area contributed by atoms with E-state index in [-0.39, 0.29) is 12.0 Å². The zero-order valence-corrected chi connectivity index (χ0v) is 20.0. The molecule has 1 aliphatic rings. The molecule has 1 heterocycles. The Morgan fingerprint density at radius 1 is 1.03 bits per heavy atom. The van der Waals surface area contributed by atoms with E-state index in [0.29, 0.717) is 36.1 Å². The van der Waals surface area contributed by atoms with Gasteiger partial charge >= 0.3 is 0 Å². The smallest absolute Gasteiger partial charge is 0.241 e. The lowest BCUT2D eigenvalue weighted by molar-refractivity contribution is -0.128. The standard InChI is InChI=1S/C23H30ClN3O4S/c1-18(2)31-22-10-8-21(9-11-22)25-32(29,30)17-23(28)27-13-3-12-26(14-15-27)16-19-4-6-20(24)7-5-19/h4-11,18,25H,3,12-17H2,1-2H3. The number of nitrogens with zero attached hydrogens (tertiary/aromatic N) is 2. The zero-order valence-electron chi connectivity index (χ0n) is 18.5. The van der Waals surface area contributed by atoms with E-state index in [1.807, 2.05) is 38.1 Å². The molecule has 1 amide bonds. The highest BCUT2D eigenvalue weighted by Gasteiger charge is 2.24. The highest BCUT2D eigenvalue weighted by atomic mass is 35.5. The molecular formula is C23H30ClN3O4S. The number of nitrogens with one attached hydrogen (secondary N) is 1. The Bertz CT molecular complexity index is 995. The van der Waals surface area contributed by atoms with Gasteiger partial charge in [0.15, 0.2) is 0 Å². The highest BCUT2D eigenvalue weighted by Crippen LogP contribution is 2.18. The minimum Gasteiger partial charge on any atom is -0.491 e. The van der Waals surface area contributed by atoms with E-state index >= 15 is 0 Å². The molecule has 3 rings (SSSR count). The van der Waals surface area contributed by atoms with Gasteiger partial charge in [0.05, 0.1) is 6.10 Å². The molecule has 0 unspecified atom stereocenters. The summed E-state index contributed by atoms with van der Waals surface area (Å²) in [5.41, 5.74) is 1.56. The second-order valence-corrected chi connectivity index (χ2v) is 10.3. The third-order valence-electron chi connectivity index (χ3n) is 5.07. The molecule has 0 aromatic heterocycles.